The molecule has 0 radical (unpaired) electrons. The van der Waals surface area contributed by atoms with E-state index in [1.165, 1.54) is 11.8 Å². The van der Waals surface area contributed by atoms with E-state index in [1.807, 2.05) is 0 Å². The molecule has 1 heterocycles. The number of nitrogens with one attached hydrogen (secondary N) is 2. The van der Waals surface area contributed by atoms with Crippen LogP contribution in [0, 0.1) is 0 Å². The molecule has 50 valence electrons. The van der Waals surface area contributed by atoms with E-state index in [-0.39, 0.29) is 0 Å². The van der Waals surface area contributed by atoms with Crippen molar-refractivity contribution in [3.63, 3.8) is 0 Å². The summed E-state index contributed by atoms with van der Waals surface area (Å²) in [5.74, 6) is 0. The molecule has 1 fully saturated rings. The van der Waals surface area contributed by atoms with Gasteiger partial charge in [0.2, 0.25) is 0 Å². The minimum atomic E-state index is 0.515. The first-order valence-corrected chi connectivity index (χ1v) is 3.47. The topological polar surface area (TPSA) is 56.7 Å². The number of hydrazine groups is 1. The second-order valence-electron chi connectivity index (χ2n) is 1.36. The van der Waals surface area contributed by atoms with E-state index in [0.717, 1.165) is 0 Å². The second-order valence-corrected chi connectivity index (χ2v) is 3.11. The number of hydrogen-bond acceptors (Lipinski definition) is 5. The molecule has 0 bridgehead atoms. The molecule has 6 heteroatoms. The SMILES string of the molecule is ON=C1CNNC(=S)S1. The summed E-state index contributed by atoms with van der Waals surface area (Å²) >= 11 is 5.99. The molecule has 1 aliphatic heterocycles. The Kier molecular flexibility index (Phi) is 2.26. The molecule has 0 aliphatic carbocycles. The Hall–Kier alpha value is -0.330. The Bertz CT molecular complexity index is 157. The van der Waals surface area contributed by atoms with Crippen molar-refractivity contribution in [1.82, 2.24) is 10.9 Å². The van der Waals surface area contributed by atoms with E-state index in [1.54, 1.807) is 0 Å². The zero-order valence-corrected chi connectivity index (χ0v) is 6.05. The van der Waals surface area contributed by atoms with Crippen molar-refractivity contribution in [2.24, 2.45) is 5.16 Å². The molecule has 0 aromatic heterocycles. The Morgan fingerprint density at radius 1 is 1.78 bits per heavy atom. The van der Waals surface area contributed by atoms with Gasteiger partial charge < -0.3 is 10.6 Å². The van der Waals surface area contributed by atoms with Crippen LogP contribution in [-0.2, 0) is 0 Å². The highest BCUT2D eigenvalue weighted by Gasteiger charge is 2.10. The lowest BCUT2D eigenvalue weighted by Crippen LogP contribution is -2.43. The van der Waals surface area contributed by atoms with Gasteiger partial charge in [-0.2, -0.15) is 0 Å². The maximum Gasteiger partial charge on any atom is 0.154 e. The summed E-state index contributed by atoms with van der Waals surface area (Å²) in [7, 11) is 0. The molecule has 0 aromatic carbocycles. The zero-order chi connectivity index (χ0) is 6.69. The van der Waals surface area contributed by atoms with Gasteiger partial charge in [-0.3, -0.25) is 0 Å². The van der Waals surface area contributed by atoms with Crippen molar-refractivity contribution in [3.05, 3.63) is 0 Å². The minimum Gasteiger partial charge on any atom is -0.410 e. The van der Waals surface area contributed by atoms with Gasteiger partial charge in [0.1, 0.15) is 5.04 Å². The molecule has 0 amide bonds. The third-order valence-electron chi connectivity index (χ3n) is 0.752. The summed E-state index contributed by atoms with van der Waals surface area (Å²) in [6.45, 7) is 0.515. The van der Waals surface area contributed by atoms with Crippen molar-refractivity contribution in [1.29, 1.82) is 0 Å². The van der Waals surface area contributed by atoms with Gasteiger partial charge in [-0.1, -0.05) is 17.4 Å². The molecule has 0 saturated carbocycles. The summed E-state index contributed by atoms with van der Waals surface area (Å²) in [6, 6.07) is 0. The fourth-order valence-corrected chi connectivity index (χ4v) is 1.30. The zero-order valence-electron chi connectivity index (χ0n) is 4.42. The quantitative estimate of drug-likeness (QED) is 0.264. The maximum absolute atomic E-state index is 8.25. The molecule has 1 aliphatic rings. The van der Waals surface area contributed by atoms with Crippen LogP contribution in [0.5, 0.6) is 0 Å². The summed E-state index contributed by atoms with van der Waals surface area (Å²) in [4.78, 5) is 0. The Labute approximate surface area is 61.7 Å². The molecule has 3 N–H and O–H groups in total. The van der Waals surface area contributed by atoms with Gasteiger partial charge in [0.25, 0.3) is 0 Å². The highest BCUT2D eigenvalue weighted by molar-refractivity contribution is 8.33. The summed E-state index contributed by atoms with van der Waals surface area (Å²) in [6.07, 6.45) is 0. The van der Waals surface area contributed by atoms with Crippen LogP contribution in [0.1, 0.15) is 0 Å². The van der Waals surface area contributed by atoms with Gasteiger partial charge in [0.05, 0.1) is 6.54 Å². The van der Waals surface area contributed by atoms with E-state index < -0.39 is 0 Å². The normalized spacial score (nSPS) is 24.0. The van der Waals surface area contributed by atoms with E-state index >= 15 is 0 Å². The molecule has 0 unspecified atom stereocenters. The Morgan fingerprint density at radius 3 is 3.00 bits per heavy atom. The fourth-order valence-electron chi connectivity index (χ4n) is 0.416. The smallest absolute Gasteiger partial charge is 0.154 e. The average Bonchev–Trinajstić information content (AvgIpc) is 1.88. The van der Waals surface area contributed by atoms with Crippen molar-refractivity contribution in [3.8, 4) is 0 Å². The van der Waals surface area contributed by atoms with E-state index in [4.69, 9.17) is 17.4 Å². The van der Waals surface area contributed by atoms with E-state index in [9.17, 15) is 0 Å². The Balaban J connectivity index is 2.51. The van der Waals surface area contributed by atoms with Crippen LogP contribution in [0.3, 0.4) is 0 Å². The average molecular weight is 163 g/mol. The molecule has 4 nitrogen and oxygen atoms in total. The monoisotopic (exact) mass is 163 g/mol. The van der Waals surface area contributed by atoms with Crippen LogP contribution in [0.2, 0.25) is 0 Å². The van der Waals surface area contributed by atoms with Crippen LogP contribution < -0.4 is 10.9 Å². The first kappa shape index (κ1) is 6.79. The minimum absolute atomic E-state index is 0.515. The second kappa shape index (κ2) is 3.00. The lowest BCUT2D eigenvalue weighted by Gasteiger charge is -2.14. The van der Waals surface area contributed by atoms with Gasteiger partial charge in [0, 0.05) is 0 Å². The number of nitrogens with zero attached hydrogens (tertiary/aromatic N) is 1. The first-order chi connectivity index (χ1) is 4.33. The number of thiocarbonyl (C=S) groups is 1. The third-order valence-corrected chi connectivity index (χ3v) is 1.85. The number of thioether (sulfide) groups is 1. The molecule has 9 heavy (non-hydrogen) atoms. The third kappa shape index (κ3) is 1.81. The van der Waals surface area contributed by atoms with Gasteiger partial charge >= 0.3 is 0 Å². The van der Waals surface area contributed by atoms with Crippen LogP contribution in [0.15, 0.2) is 5.16 Å². The van der Waals surface area contributed by atoms with Gasteiger partial charge in [0.15, 0.2) is 4.32 Å². The standard InChI is InChI=1S/C3H5N3OS2/c7-6-2-1-4-5-3(8)9-2/h4,7H,1H2,(H,5,8). The summed E-state index contributed by atoms with van der Waals surface area (Å²) < 4.78 is 0.578. The van der Waals surface area contributed by atoms with Crippen LogP contribution in [0.4, 0.5) is 0 Å². The van der Waals surface area contributed by atoms with Gasteiger partial charge in [-0.05, 0) is 11.8 Å². The van der Waals surface area contributed by atoms with Crippen molar-refractivity contribution in [2.45, 2.75) is 0 Å². The van der Waals surface area contributed by atoms with Crippen LogP contribution in [-0.4, -0.2) is 21.1 Å². The van der Waals surface area contributed by atoms with Gasteiger partial charge in [-0.15, -0.1) is 0 Å². The van der Waals surface area contributed by atoms with Crippen LogP contribution in [0.25, 0.3) is 0 Å². The van der Waals surface area contributed by atoms with Crippen molar-refractivity contribution in [2.75, 3.05) is 6.54 Å². The first-order valence-electron chi connectivity index (χ1n) is 2.24. The highest BCUT2D eigenvalue weighted by atomic mass is 32.2. The van der Waals surface area contributed by atoms with Crippen LogP contribution >= 0.6 is 24.0 Å². The highest BCUT2D eigenvalue weighted by Crippen LogP contribution is 2.06. The number of oxime groups is 1. The molecular weight excluding hydrogens is 158 g/mol. The predicted molar refractivity (Wildman–Crippen MR) is 40.5 cm³/mol. The molecule has 0 aromatic rings. The molecular formula is C3H5N3OS2. The van der Waals surface area contributed by atoms with Gasteiger partial charge in [-0.25, -0.2) is 5.43 Å². The summed E-state index contributed by atoms with van der Waals surface area (Å²) in [5, 5.41) is 11.8. The number of rotatable bonds is 0. The maximum atomic E-state index is 8.25. The van der Waals surface area contributed by atoms with Crippen molar-refractivity contribution < 1.29 is 5.21 Å². The lowest BCUT2D eigenvalue weighted by molar-refractivity contribution is 0.319. The van der Waals surface area contributed by atoms with E-state index in [2.05, 4.69) is 16.0 Å². The summed E-state index contributed by atoms with van der Waals surface area (Å²) in [5.41, 5.74) is 5.43. The molecule has 0 spiro atoms. The Morgan fingerprint density at radius 2 is 2.56 bits per heavy atom. The number of hydrogen-bond donors (Lipinski definition) is 3. The molecule has 0 atom stereocenters. The predicted octanol–water partition coefficient (Wildman–Crippen LogP) is -0.100. The molecule has 1 saturated heterocycles. The fraction of sp³-hybridized carbons (Fsp3) is 0.333. The lowest BCUT2D eigenvalue weighted by atomic mass is 10.7. The van der Waals surface area contributed by atoms with E-state index in [0.29, 0.717) is 15.9 Å². The molecule has 1 rings (SSSR count). The van der Waals surface area contributed by atoms with Crippen molar-refractivity contribution >= 4 is 33.3 Å². The largest absolute Gasteiger partial charge is 0.410 e.